The Labute approximate surface area is 96.6 Å². The Morgan fingerprint density at radius 1 is 1.38 bits per heavy atom. The van der Waals surface area contributed by atoms with Crippen LogP contribution in [-0.2, 0) is 0 Å². The molecule has 0 aliphatic heterocycles. The van der Waals surface area contributed by atoms with E-state index in [0.29, 0.717) is 11.4 Å². The van der Waals surface area contributed by atoms with E-state index in [1.165, 1.54) is 12.1 Å². The number of halogens is 1. The van der Waals surface area contributed by atoms with Gasteiger partial charge in [0.15, 0.2) is 0 Å². The number of aryl methyl sites for hydroxylation is 1. The molecule has 6 heteroatoms. The normalized spacial score (nSPS) is 9.81. The van der Waals surface area contributed by atoms with Crippen LogP contribution in [0.2, 0.25) is 5.15 Å². The van der Waals surface area contributed by atoms with Gasteiger partial charge in [0, 0.05) is 17.8 Å². The third-order valence-electron chi connectivity index (χ3n) is 1.79. The molecule has 0 atom stereocenters. The summed E-state index contributed by atoms with van der Waals surface area (Å²) < 4.78 is 5.33. The van der Waals surface area contributed by atoms with Crippen LogP contribution >= 0.6 is 11.6 Å². The standard InChI is InChI=1S/C10H7ClN4O/c1-6-2-10(15-14-6)16-9-4-7(5-12)3-8(11)13-9/h2-4H,1H3,(H,14,15). The van der Waals surface area contributed by atoms with Gasteiger partial charge in [-0.2, -0.15) is 5.26 Å². The summed E-state index contributed by atoms with van der Waals surface area (Å²) in [5, 5.41) is 15.6. The molecule has 0 radical (unpaired) electrons. The number of hydrogen-bond donors (Lipinski definition) is 1. The van der Waals surface area contributed by atoms with Crippen molar-refractivity contribution in [3.05, 3.63) is 34.6 Å². The first-order chi connectivity index (χ1) is 7.67. The Bertz CT molecular complexity index is 558. The molecule has 1 N–H and O–H groups in total. The predicted molar refractivity (Wildman–Crippen MR) is 57.4 cm³/mol. The lowest BCUT2D eigenvalue weighted by Crippen LogP contribution is -1.90. The highest BCUT2D eigenvalue weighted by atomic mass is 35.5. The minimum atomic E-state index is 0.210. The summed E-state index contributed by atoms with van der Waals surface area (Å²) >= 11 is 5.73. The van der Waals surface area contributed by atoms with Crippen molar-refractivity contribution >= 4 is 11.6 Å². The molecule has 2 heterocycles. The van der Waals surface area contributed by atoms with Gasteiger partial charge in [-0.05, 0) is 13.0 Å². The zero-order valence-electron chi connectivity index (χ0n) is 8.36. The van der Waals surface area contributed by atoms with Gasteiger partial charge in [-0.1, -0.05) is 11.6 Å². The number of nitrogens with zero attached hydrogens (tertiary/aromatic N) is 3. The molecular formula is C10H7ClN4O. The second-order valence-electron chi connectivity index (χ2n) is 3.12. The second-order valence-corrected chi connectivity index (χ2v) is 3.51. The number of rotatable bonds is 2. The maximum absolute atomic E-state index is 8.74. The Balaban J connectivity index is 2.28. The van der Waals surface area contributed by atoms with E-state index in [2.05, 4.69) is 15.2 Å². The number of aromatic nitrogens is 3. The van der Waals surface area contributed by atoms with E-state index in [-0.39, 0.29) is 11.0 Å². The first-order valence-corrected chi connectivity index (χ1v) is 4.83. The van der Waals surface area contributed by atoms with E-state index in [9.17, 15) is 0 Å². The van der Waals surface area contributed by atoms with Crippen molar-refractivity contribution in [1.29, 1.82) is 5.26 Å². The number of H-pyrrole nitrogens is 1. The molecule has 2 aromatic heterocycles. The maximum atomic E-state index is 8.74. The van der Waals surface area contributed by atoms with Crippen LogP contribution in [-0.4, -0.2) is 15.2 Å². The molecule has 2 rings (SSSR count). The van der Waals surface area contributed by atoms with Crippen LogP contribution in [0.5, 0.6) is 11.8 Å². The molecule has 5 nitrogen and oxygen atoms in total. The summed E-state index contributed by atoms with van der Waals surface area (Å²) in [5.74, 6) is 0.631. The van der Waals surface area contributed by atoms with E-state index in [1.807, 2.05) is 13.0 Å². The number of nitrogens with one attached hydrogen (secondary N) is 1. The highest BCUT2D eigenvalue weighted by Gasteiger charge is 2.05. The highest BCUT2D eigenvalue weighted by Crippen LogP contribution is 2.21. The lowest BCUT2D eigenvalue weighted by atomic mass is 10.3. The number of aromatic amines is 1. The van der Waals surface area contributed by atoms with Crippen molar-refractivity contribution in [3.63, 3.8) is 0 Å². The van der Waals surface area contributed by atoms with Crippen molar-refractivity contribution in [3.8, 4) is 17.8 Å². The number of hydrogen-bond acceptors (Lipinski definition) is 4. The smallest absolute Gasteiger partial charge is 0.240 e. The van der Waals surface area contributed by atoms with Crippen LogP contribution in [0.1, 0.15) is 11.3 Å². The summed E-state index contributed by atoms with van der Waals surface area (Å²) in [7, 11) is 0. The number of nitriles is 1. The fraction of sp³-hybridized carbons (Fsp3) is 0.100. The van der Waals surface area contributed by atoms with Gasteiger partial charge < -0.3 is 4.74 Å². The molecule has 0 unspecified atom stereocenters. The zero-order chi connectivity index (χ0) is 11.5. The minimum Gasteiger partial charge on any atom is -0.419 e. The molecule has 2 aromatic rings. The highest BCUT2D eigenvalue weighted by molar-refractivity contribution is 6.29. The summed E-state index contributed by atoms with van der Waals surface area (Å²) in [5.41, 5.74) is 1.26. The van der Waals surface area contributed by atoms with Gasteiger partial charge in [0.05, 0.1) is 11.6 Å². The van der Waals surface area contributed by atoms with Gasteiger partial charge >= 0.3 is 0 Å². The molecule has 0 saturated carbocycles. The van der Waals surface area contributed by atoms with Crippen LogP contribution < -0.4 is 4.74 Å². The average Bonchev–Trinajstić information content (AvgIpc) is 2.63. The number of pyridine rings is 1. The van der Waals surface area contributed by atoms with Gasteiger partial charge in [0.2, 0.25) is 11.8 Å². The minimum absolute atomic E-state index is 0.210. The van der Waals surface area contributed by atoms with E-state index in [0.717, 1.165) is 5.69 Å². The van der Waals surface area contributed by atoms with Crippen LogP contribution in [0.3, 0.4) is 0 Å². The first-order valence-electron chi connectivity index (χ1n) is 4.45. The molecular weight excluding hydrogens is 228 g/mol. The van der Waals surface area contributed by atoms with Gasteiger partial charge in [0.25, 0.3) is 0 Å². The Kier molecular flexibility index (Phi) is 2.75. The Morgan fingerprint density at radius 2 is 2.19 bits per heavy atom. The fourth-order valence-electron chi connectivity index (χ4n) is 1.14. The molecule has 0 aliphatic rings. The zero-order valence-corrected chi connectivity index (χ0v) is 9.12. The first kappa shape index (κ1) is 10.5. The molecule has 0 amide bonds. The third-order valence-corrected chi connectivity index (χ3v) is 1.98. The van der Waals surface area contributed by atoms with Gasteiger partial charge in [-0.3, -0.25) is 5.10 Å². The molecule has 0 aliphatic carbocycles. The van der Waals surface area contributed by atoms with Crippen LogP contribution in [0, 0.1) is 18.3 Å². The molecule has 0 aromatic carbocycles. The summed E-state index contributed by atoms with van der Waals surface area (Å²) in [4.78, 5) is 3.92. The quantitative estimate of drug-likeness (QED) is 0.810. The second kappa shape index (κ2) is 4.21. The van der Waals surface area contributed by atoms with E-state index in [4.69, 9.17) is 21.6 Å². The Hall–Kier alpha value is -2.06. The monoisotopic (exact) mass is 234 g/mol. The Morgan fingerprint density at radius 3 is 2.81 bits per heavy atom. The topological polar surface area (TPSA) is 74.6 Å². The predicted octanol–water partition coefficient (Wildman–Crippen LogP) is 2.43. The molecule has 0 saturated heterocycles. The van der Waals surface area contributed by atoms with Gasteiger partial charge in [-0.25, -0.2) is 4.98 Å². The van der Waals surface area contributed by atoms with Crippen molar-refractivity contribution in [1.82, 2.24) is 15.2 Å². The third kappa shape index (κ3) is 2.30. The van der Waals surface area contributed by atoms with Gasteiger partial charge in [0.1, 0.15) is 5.15 Å². The van der Waals surface area contributed by atoms with Crippen LogP contribution in [0.4, 0.5) is 0 Å². The van der Waals surface area contributed by atoms with Crippen LogP contribution in [0.25, 0.3) is 0 Å². The van der Waals surface area contributed by atoms with E-state index >= 15 is 0 Å². The SMILES string of the molecule is Cc1cc(Oc2cc(C#N)cc(Cl)n2)n[nH]1. The van der Waals surface area contributed by atoms with Crippen molar-refractivity contribution in [2.24, 2.45) is 0 Å². The lowest BCUT2D eigenvalue weighted by Gasteiger charge is -2.01. The molecule has 16 heavy (non-hydrogen) atoms. The lowest BCUT2D eigenvalue weighted by molar-refractivity contribution is 0.443. The van der Waals surface area contributed by atoms with Gasteiger partial charge in [-0.15, -0.1) is 5.10 Å². The van der Waals surface area contributed by atoms with Crippen LogP contribution in [0.15, 0.2) is 18.2 Å². The largest absolute Gasteiger partial charge is 0.419 e. The molecule has 80 valence electrons. The van der Waals surface area contributed by atoms with Crippen molar-refractivity contribution < 1.29 is 4.74 Å². The number of ether oxygens (including phenoxy) is 1. The van der Waals surface area contributed by atoms with E-state index in [1.54, 1.807) is 6.07 Å². The summed E-state index contributed by atoms with van der Waals surface area (Å²) in [6.07, 6.45) is 0. The van der Waals surface area contributed by atoms with E-state index < -0.39 is 0 Å². The van der Waals surface area contributed by atoms with Crippen molar-refractivity contribution in [2.45, 2.75) is 6.92 Å². The molecule has 0 bridgehead atoms. The van der Waals surface area contributed by atoms with Crippen molar-refractivity contribution in [2.75, 3.05) is 0 Å². The summed E-state index contributed by atoms with van der Waals surface area (Å²) in [6.45, 7) is 1.85. The maximum Gasteiger partial charge on any atom is 0.240 e. The average molecular weight is 235 g/mol. The molecule has 0 fully saturated rings. The summed E-state index contributed by atoms with van der Waals surface area (Å²) in [6, 6.07) is 6.64. The fourth-order valence-corrected chi connectivity index (χ4v) is 1.34. The molecule has 0 spiro atoms.